The molecule has 224 valence electrons. The second-order valence-corrected chi connectivity index (χ2v) is 8.93. The van der Waals surface area contributed by atoms with Gasteiger partial charge in [-0.15, -0.1) is 0 Å². The zero-order valence-corrected chi connectivity index (χ0v) is 22.1. The normalized spacial score (nSPS) is 10.9. The smallest absolute Gasteiger partial charge is 0.250 e. The van der Waals surface area contributed by atoms with E-state index in [0.717, 1.165) is 13.0 Å². The molecular formula is C29H19F8N3O3. The van der Waals surface area contributed by atoms with Crippen molar-refractivity contribution >= 4 is 40.9 Å². The molecule has 0 unspecified atom stereocenters. The summed E-state index contributed by atoms with van der Waals surface area (Å²) in [5.74, 6) is -22.4. The third-order valence-corrected chi connectivity index (χ3v) is 5.63. The van der Waals surface area contributed by atoms with E-state index in [2.05, 4.69) is 18.5 Å². The van der Waals surface area contributed by atoms with Crippen molar-refractivity contribution in [2.24, 2.45) is 0 Å². The lowest BCUT2D eigenvalue weighted by molar-refractivity contribution is -0.113. The first kappa shape index (κ1) is 32.2. The molecular weight excluding hydrogens is 590 g/mol. The highest BCUT2D eigenvalue weighted by atomic mass is 19.2. The van der Waals surface area contributed by atoms with Crippen LogP contribution in [-0.4, -0.2) is 17.7 Å². The Morgan fingerprint density at radius 3 is 1.35 bits per heavy atom. The Labute approximate surface area is 238 Å². The summed E-state index contributed by atoms with van der Waals surface area (Å²) in [7, 11) is 0. The van der Waals surface area contributed by atoms with Crippen molar-refractivity contribution in [3.05, 3.63) is 107 Å². The van der Waals surface area contributed by atoms with E-state index in [4.69, 9.17) is 0 Å². The number of hydrogen-bond acceptors (Lipinski definition) is 3. The van der Waals surface area contributed by atoms with Gasteiger partial charge in [0.05, 0.1) is 11.1 Å². The van der Waals surface area contributed by atoms with Gasteiger partial charge in [-0.05, 0) is 37.6 Å². The van der Waals surface area contributed by atoms with Crippen molar-refractivity contribution in [2.45, 2.75) is 13.8 Å². The number of carbonyl (C=O) groups excluding carboxylic acids is 3. The summed E-state index contributed by atoms with van der Waals surface area (Å²) < 4.78 is 118. The predicted molar refractivity (Wildman–Crippen MR) is 143 cm³/mol. The van der Waals surface area contributed by atoms with Gasteiger partial charge in [0.15, 0.2) is 46.5 Å². The predicted octanol–water partition coefficient (Wildman–Crippen LogP) is 7.15. The van der Waals surface area contributed by atoms with Gasteiger partial charge in [0.2, 0.25) is 5.91 Å². The molecule has 0 atom stereocenters. The molecule has 0 aliphatic rings. The van der Waals surface area contributed by atoms with E-state index < -0.39 is 86.8 Å². The molecule has 0 fully saturated rings. The van der Waals surface area contributed by atoms with Gasteiger partial charge in [-0.3, -0.25) is 14.4 Å². The lowest BCUT2D eigenvalue weighted by atomic mass is 10.00. The monoisotopic (exact) mass is 609 g/mol. The second-order valence-electron chi connectivity index (χ2n) is 8.93. The molecule has 0 spiro atoms. The molecule has 0 saturated heterocycles. The number of rotatable bonds is 8. The van der Waals surface area contributed by atoms with Crippen LogP contribution in [0.15, 0.2) is 54.6 Å². The average Bonchev–Trinajstić information content (AvgIpc) is 2.96. The van der Waals surface area contributed by atoms with Gasteiger partial charge in [0.25, 0.3) is 11.8 Å². The standard InChI is InChI=1S/C29H19F8N3O3/c1-11(2)28(42)38-14-8-5-13(6-9-14)7-10-15(41)39-26-22(34)18(30)16(19(31)23(26)35)17-20(32)24(36)27(25(37)21(17)33)40-29(43)12(3)4/h5-10H,1,3H2,2,4H3,(H,38,42)(H,39,41)(H,40,43)/b10-7+. The summed E-state index contributed by atoms with van der Waals surface area (Å²) in [6.07, 6.45) is 1.84. The maximum Gasteiger partial charge on any atom is 0.250 e. The molecule has 43 heavy (non-hydrogen) atoms. The van der Waals surface area contributed by atoms with Crippen molar-refractivity contribution < 1.29 is 49.5 Å². The van der Waals surface area contributed by atoms with Crippen LogP contribution in [0.4, 0.5) is 52.2 Å². The number of nitrogens with one attached hydrogen (secondary N) is 3. The number of hydrogen-bond donors (Lipinski definition) is 3. The lowest BCUT2D eigenvalue weighted by Crippen LogP contribution is -2.18. The third kappa shape index (κ3) is 6.63. The van der Waals surface area contributed by atoms with Crippen LogP contribution in [0.1, 0.15) is 19.4 Å². The zero-order valence-electron chi connectivity index (χ0n) is 22.1. The van der Waals surface area contributed by atoms with Crippen LogP contribution >= 0.6 is 0 Å². The van der Waals surface area contributed by atoms with Gasteiger partial charge >= 0.3 is 0 Å². The number of halogens is 8. The van der Waals surface area contributed by atoms with Crippen LogP contribution in [0, 0.1) is 46.5 Å². The summed E-state index contributed by atoms with van der Waals surface area (Å²) in [6.45, 7) is 9.22. The first-order chi connectivity index (χ1) is 20.1. The van der Waals surface area contributed by atoms with Crippen molar-refractivity contribution in [2.75, 3.05) is 16.0 Å². The number of carbonyl (C=O) groups is 3. The van der Waals surface area contributed by atoms with Crippen LogP contribution < -0.4 is 16.0 Å². The molecule has 3 rings (SSSR count). The maximum absolute atomic E-state index is 14.9. The maximum atomic E-state index is 14.9. The fourth-order valence-corrected chi connectivity index (χ4v) is 3.39. The van der Waals surface area contributed by atoms with Crippen molar-refractivity contribution in [1.82, 2.24) is 0 Å². The van der Waals surface area contributed by atoms with E-state index in [1.54, 1.807) is 0 Å². The summed E-state index contributed by atoms with van der Waals surface area (Å²) in [5, 5.41) is 5.55. The Kier molecular flexibility index (Phi) is 9.53. The molecule has 0 aromatic heterocycles. The summed E-state index contributed by atoms with van der Waals surface area (Å²) in [6, 6.07) is 5.77. The first-order valence-corrected chi connectivity index (χ1v) is 11.8. The molecule has 0 aliphatic heterocycles. The first-order valence-electron chi connectivity index (χ1n) is 11.8. The minimum absolute atomic E-state index is 0.248. The van der Waals surface area contributed by atoms with Crippen LogP contribution in [-0.2, 0) is 14.4 Å². The molecule has 3 aromatic carbocycles. The van der Waals surface area contributed by atoms with Gasteiger partial charge in [-0.1, -0.05) is 25.3 Å². The minimum atomic E-state index is -2.50. The van der Waals surface area contributed by atoms with E-state index in [9.17, 15) is 49.5 Å². The van der Waals surface area contributed by atoms with Gasteiger partial charge in [-0.25, -0.2) is 35.1 Å². The van der Waals surface area contributed by atoms with Crippen LogP contribution in [0.2, 0.25) is 0 Å². The van der Waals surface area contributed by atoms with Gasteiger partial charge < -0.3 is 16.0 Å². The molecule has 3 aromatic rings. The Balaban J connectivity index is 1.94. The molecule has 14 heteroatoms. The molecule has 3 N–H and O–H groups in total. The Hall–Kier alpha value is -5.27. The number of benzene rings is 3. The van der Waals surface area contributed by atoms with Crippen LogP contribution in [0.5, 0.6) is 0 Å². The third-order valence-electron chi connectivity index (χ3n) is 5.63. The Morgan fingerprint density at radius 2 is 0.953 bits per heavy atom. The highest BCUT2D eigenvalue weighted by molar-refractivity contribution is 6.04. The topological polar surface area (TPSA) is 87.3 Å². The zero-order chi connectivity index (χ0) is 32.3. The fraction of sp³-hybridized carbons (Fsp3) is 0.0690. The Morgan fingerprint density at radius 1 is 0.581 bits per heavy atom. The van der Waals surface area contributed by atoms with E-state index >= 15 is 0 Å². The SMILES string of the molecule is C=C(C)C(=O)Nc1ccc(/C=C/C(=O)Nc2c(F)c(F)c(-c3c(F)c(F)c(NC(=O)C(=C)C)c(F)c3F)c(F)c2F)cc1. The van der Waals surface area contributed by atoms with Gasteiger partial charge in [0.1, 0.15) is 11.4 Å². The minimum Gasteiger partial charge on any atom is -0.322 e. The highest BCUT2D eigenvalue weighted by Crippen LogP contribution is 2.40. The van der Waals surface area contributed by atoms with Gasteiger partial charge in [-0.2, -0.15) is 0 Å². The second kappa shape index (κ2) is 12.7. The van der Waals surface area contributed by atoms with E-state index in [-0.39, 0.29) is 11.1 Å². The quantitative estimate of drug-likeness (QED) is 0.144. The molecule has 0 aliphatic carbocycles. The van der Waals surface area contributed by atoms with Crippen LogP contribution in [0.3, 0.4) is 0 Å². The Bertz CT molecular complexity index is 1680. The molecule has 3 amide bonds. The summed E-state index contributed by atoms with van der Waals surface area (Å²) in [5.41, 5.74) is -7.07. The largest absolute Gasteiger partial charge is 0.322 e. The van der Waals surface area contributed by atoms with Crippen molar-refractivity contribution in [3.8, 4) is 11.1 Å². The number of anilines is 3. The van der Waals surface area contributed by atoms with E-state index in [1.807, 2.05) is 0 Å². The van der Waals surface area contributed by atoms with Crippen molar-refractivity contribution in [1.29, 1.82) is 0 Å². The van der Waals surface area contributed by atoms with E-state index in [0.29, 0.717) is 17.3 Å². The average molecular weight is 609 g/mol. The summed E-state index contributed by atoms with van der Waals surface area (Å²) in [4.78, 5) is 35.5. The molecule has 0 heterocycles. The molecule has 0 saturated carbocycles. The van der Waals surface area contributed by atoms with Gasteiger partial charge in [0, 0.05) is 22.9 Å². The lowest BCUT2D eigenvalue weighted by Gasteiger charge is -2.16. The highest BCUT2D eigenvalue weighted by Gasteiger charge is 2.35. The summed E-state index contributed by atoms with van der Waals surface area (Å²) >= 11 is 0. The molecule has 0 radical (unpaired) electrons. The molecule has 0 bridgehead atoms. The molecule has 6 nitrogen and oxygen atoms in total. The van der Waals surface area contributed by atoms with Crippen molar-refractivity contribution in [3.63, 3.8) is 0 Å². The van der Waals surface area contributed by atoms with Crippen LogP contribution in [0.25, 0.3) is 17.2 Å². The fourth-order valence-electron chi connectivity index (χ4n) is 3.39. The number of amides is 3. The van der Waals surface area contributed by atoms with E-state index in [1.165, 1.54) is 41.8 Å².